The third-order valence-corrected chi connectivity index (χ3v) is 3.10. The molecule has 0 fully saturated rings. The zero-order chi connectivity index (χ0) is 12.3. The second kappa shape index (κ2) is 4.91. The van der Waals surface area contributed by atoms with E-state index in [9.17, 15) is 4.79 Å². The van der Waals surface area contributed by atoms with Crippen LogP contribution in [0.3, 0.4) is 0 Å². The number of aryl methyl sites for hydroxylation is 1. The molecule has 2 N–H and O–H groups in total. The summed E-state index contributed by atoms with van der Waals surface area (Å²) in [5, 5.41) is 14.1. The number of aromatic nitrogens is 4. The number of nitrogens with zero attached hydrogens (tertiary/aromatic N) is 4. The van der Waals surface area contributed by atoms with Crippen LogP contribution in [0.15, 0.2) is 12.4 Å². The van der Waals surface area contributed by atoms with Crippen molar-refractivity contribution in [2.24, 2.45) is 7.05 Å². The zero-order valence-corrected chi connectivity index (χ0v) is 10.3. The average molecular weight is 252 g/mol. The molecule has 0 spiro atoms. The quantitative estimate of drug-likeness (QED) is 0.814. The van der Waals surface area contributed by atoms with E-state index in [1.54, 1.807) is 13.2 Å². The van der Waals surface area contributed by atoms with Crippen LogP contribution in [-0.2, 0) is 13.6 Å². The fourth-order valence-corrected chi connectivity index (χ4v) is 1.83. The normalized spacial score (nSPS) is 10.2. The second-order valence-corrected chi connectivity index (χ2v) is 4.28. The standard InChI is InChI=1S/C9H12N6OS/c1-10-9-14-13-8(17-9)7(16)12-5-6-11-3-4-15(6)2/h3-4H,5H2,1-2H3,(H,10,14)(H,12,16). The van der Waals surface area contributed by atoms with Crippen molar-refractivity contribution in [1.82, 2.24) is 25.1 Å². The molecule has 0 saturated carbocycles. The first-order valence-corrected chi connectivity index (χ1v) is 5.78. The molecule has 0 atom stereocenters. The molecule has 2 rings (SSSR count). The molecule has 8 heteroatoms. The van der Waals surface area contributed by atoms with E-state index in [0.29, 0.717) is 16.7 Å². The van der Waals surface area contributed by atoms with Crippen molar-refractivity contribution in [3.05, 3.63) is 23.2 Å². The number of imidazole rings is 1. The maximum absolute atomic E-state index is 11.7. The van der Waals surface area contributed by atoms with Gasteiger partial charge >= 0.3 is 0 Å². The van der Waals surface area contributed by atoms with Crippen LogP contribution in [0, 0.1) is 0 Å². The van der Waals surface area contributed by atoms with E-state index in [-0.39, 0.29) is 5.91 Å². The molecule has 1 amide bonds. The number of hydrogen-bond donors (Lipinski definition) is 2. The first-order chi connectivity index (χ1) is 8.20. The van der Waals surface area contributed by atoms with Crippen molar-refractivity contribution < 1.29 is 4.79 Å². The van der Waals surface area contributed by atoms with E-state index >= 15 is 0 Å². The third kappa shape index (κ3) is 2.59. The lowest BCUT2D eigenvalue weighted by atomic mass is 10.5. The van der Waals surface area contributed by atoms with Gasteiger partial charge in [0.1, 0.15) is 5.82 Å². The van der Waals surface area contributed by atoms with Gasteiger partial charge in [0.25, 0.3) is 5.91 Å². The lowest BCUT2D eigenvalue weighted by molar-refractivity contribution is 0.0948. The molecule has 2 heterocycles. The molecule has 0 bridgehead atoms. The number of nitrogens with one attached hydrogen (secondary N) is 2. The summed E-state index contributed by atoms with van der Waals surface area (Å²) in [5.41, 5.74) is 0. The first-order valence-electron chi connectivity index (χ1n) is 4.96. The summed E-state index contributed by atoms with van der Waals surface area (Å²) in [4.78, 5) is 15.8. The Labute approximate surface area is 102 Å². The van der Waals surface area contributed by atoms with Gasteiger partial charge in [0, 0.05) is 26.5 Å². The van der Waals surface area contributed by atoms with E-state index in [1.807, 2.05) is 17.8 Å². The van der Waals surface area contributed by atoms with Gasteiger partial charge in [0.15, 0.2) is 0 Å². The Bertz CT molecular complexity index is 519. The summed E-state index contributed by atoms with van der Waals surface area (Å²) in [7, 11) is 3.61. The Morgan fingerprint density at radius 1 is 1.53 bits per heavy atom. The molecule has 2 aromatic rings. The van der Waals surface area contributed by atoms with Gasteiger partial charge < -0.3 is 15.2 Å². The van der Waals surface area contributed by atoms with Crippen LogP contribution in [-0.4, -0.2) is 32.7 Å². The van der Waals surface area contributed by atoms with Crippen LogP contribution >= 0.6 is 11.3 Å². The first kappa shape index (κ1) is 11.5. The Balaban J connectivity index is 1.95. The second-order valence-electron chi connectivity index (χ2n) is 3.30. The van der Waals surface area contributed by atoms with E-state index in [2.05, 4.69) is 25.8 Å². The number of hydrogen-bond acceptors (Lipinski definition) is 6. The number of amides is 1. The van der Waals surface area contributed by atoms with Crippen molar-refractivity contribution in [1.29, 1.82) is 0 Å². The number of carbonyl (C=O) groups excluding carboxylic acids is 1. The molecule has 0 saturated heterocycles. The molecule has 17 heavy (non-hydrogen) atoms. The molecule has 90 valence electrons. The van der Waals surface area contributed by atoms with E-state index in [4.69, 9.17) is 0 Å². The maximum Gasteiger partial charge on any atom is 0.282 e. The highest BCUT2D eigenvalue weighted by Gasteiger charge is 2.12. The SMILES string of the molecule is CNc1nnc(C(=O)NCc2nccn2C)s1. The lowest BCUT2D eigenvalue weighted by Crippen LogP contribution is -2.24. The summed E-state index contributed by atoms with van der Waals surface area (Å²) in [5.74, 6) is 0.545. The van der Waals surface area contributed by atoms with Crippen molar-refractivity contribution in [2.45, 2.75) is 6.54 Å². The van der Waals surface area contributed by atoms with Crippen molar-refractivity contribution >= 4 is 22.4 Å². The monoisotopic (exact) mass is 252 g/mol. The molecular weight excluding hydrogens is 240 g/mol. The van der Waals surface area contributed by atoms with Crippen LogP contribution in [0.4, 0.5) is 5.13 Å². The Kier molecular flexibility index (Phi) is 3.33. The van der Waals surface area contributed by atoms with Crippen molar-refractivity contribution in [3.63, 3.8) is 0 Å². The lowest BCUT2D eigenvalue weighted by Gasteiger charge is -2.02. The number of rotatable bonds is 4. The van der Waals surface area contributed by atoms with Crippen LogP contribution in [0.2, 0.25) is 0 Å². The van der Waals surface area contributed by atoms with Crippen LogP contribution in [0.5, 0.6) is 0 Å². The van der Waals surface area contributed by atoms with Gasteiger partial charge in [-0.15, -0.1) is 10.2 Å². The highest BCUT2D eigenvalue weighted by molar-refractivity contribution is 7.17. The largest absolute Gasteiger partial charge is 0.363 e. The van der Waals surface area contributed by atoms with Crippen LogP contribution < -0.4 is 10.6 Å². The molecule has 0 unspecified atom stereocenters. The van der Waals surface area contributed by atoms with Crippen LogP contribution in [0.25, 0.3) is 0 Å². The molecule has 0 aliphatic carbocycles. The minimum atomic E-state index is -0.244. The smallest absolute Gasteiger partial charge is 0.282 e. The minimum absolute atomic E-state index is 0.244. The third-order valence-electron chi connectivity index (χ3n) is 2.16. The van der Waals surface area contributed by atoms with Gasteiger partial charge in [0.2, 0.25) is 10.1 Å². The topological polar surface area (TPSA) is 84.7 Å². The van der Waals surface area contributed by atoms with Gasteiger partial charge in [-0.25, -0.2) is 4.98 Å². The Morgan fingerprint density at radius 3 is 2.94 bits per heavy atom. The van der Waals surface area contributed by atoms with E-state index < -0.39 is 0 Å². The minimum Gasteiger partial charge on any atom is -0.363 e. The Morgan fingerprint density at radius 2 is 2.35 bits per heavy atom. The van der Waals surface area contributed by atoms with Gasteiger partial charge in [-0.05, 0) is 0 Å². The van der Waals surface area contributed by atoms with E-state index in [1.165, 1.54) is 11.3 Å². The summed E-state index contributed by atoms with van der Waals surface area (Å²) in [6.45, 7) is 0.372. The maximum atomic E-state index is 11.7. The van der Waals surface area contributed by atoms with Gasteiger partial charge in [-0.1, -0.05) is 11.3 Å². The fourth-order valence-electron chi connectivity index (χ4n) is 1.22. The highest BCUT2D eigenvalue weighted by Crippen LogP contribution is 2.13. The highest BCUT2D eigenvalue weighted by atomic mass is 32.1. The summed E-state index contributed by atoms with van der Waals surface area (Å²) in [6, 6.07) is 0. The summed E-state index contributed by atoms with van der Waals surface area (Å²) >= 11 is 1.21. The van der Waals surface area contributed by atoms with Gasteiger partial charge in [-0.2, -0.15) is 0 Å². The van der Waals surface area contributed by atoms with Crippen LogP contribution in [0.1, 0.15) is 15.6 Å². The van der Waals surface area contributed by atoms with E-state index in [0.717, 1.165) is 5.82 Å². The molecule has 0 aliphatic rings. The molecular formula is C9H12N6OS. The summed E-state index contributed by atoms with van der Waals surface area (Å²) in [6.07, 6.45) is 3.51. The predicted octanol–water partition coefficient (Wildman–Crippen LogP) is 0.243. The fraction of sp³-hybridized carbons (Fsp3) is 0.333. The predicted molar refractivity (Wildman–Crippen MR) is 63.8 cm³/mol. The van der Waals surface area contributed by atoms with Gasteiger partial charge in [-0.3, -0.25) is 4.79 Å². The zero-order valence-electron chi connectivity index (χ0n) is 9.47. The Hall–Kier alpha value is -1.96. The molecule has 7 nitrogen and oxygen atoms in total. The molecule has 0 radical (unpaired) electrons. The molecule has 2 aromatic heterocycles. The van der Waals surface area contributed by atoms with Crippen molar-refractivity contribution in [3.8, 4) is 0 Å². The average Bonchev–Trinajstić information content (AvgIpc) is 2.94. The number of anilines is 1. The van der Waals surface area contributed by atoms with Gasteiger partial charge in [0.05, 0.1) is 6.54 Å². The number of carbonyl (C=O) groups is 1. The summed E-state index contributed by atoms with van der Waals surface area (Å²) < 4.78 is 1.85. The molecule has 0 aliphatic heterocycles. The molecule has 0 aromatic carbocycles. The van der Waals surface area contributed by atoms with Crippen molar-refractivity contribution in [2.75, 3.05) is 12.4 Å².